The van der Waals surface area contributed by atoms with Crippen molar-refractivity contribution in [1.29, 1.82) is 0 Å². The maximum atomic E-state index is 13.1. The molecule has 0 saturated heterocycles. The second kappa shape index (κ2) is 6.81. The summed E-state index contributed by atoms with van der Waals surface area (Å²) in [4.78, 5) is 13.1. The van der Waals surface area contributed by atoms with Gasteiger partial charge in [-0.25, -0.2) is 0 Å². The van der Waals surface area contributed by atoms with Gasteiger partial charge in [-0.3, -0.25) is 4.79 Å². The van der Waals surface area contributed by atoms with Crippen molar-refractivity contribution in [3.8, 4) is 5.75 Å². The maximum absolute atomic E-state index is 13.1. The van der Waals surface area contributed by atoms with Crippen LogP contribution in [0.25, 0.3) is 0 Å². The number of ether oxygens (including phenoxy) is 1. The highest BCUT2D eigenvalue weighted by Crippen LogP contribution is 2.33. The minimum absolute atomic E-state index is 0.0114. The quantitative estimate of drug-likeness (QED) is 0.783. The van der Waals surface area contributed by atoms with Crippen molar-refractivity contribution in [1.82, 2.24) is 5.32 Å². The van der Waals surface area contributed by atoms with Crippen molar-refractivity contribution in [3.05, 3.63) is 102 Å². The Morgan fingerprint density at radius 1 is 0.840 bits per heavy atom. The molecule has 3 aromatic rings. The number of carbonyl (C=O) groups is 1. The second-order valence-corrected chi connectivity index (χ2v) is 6.16. The zero-order valence-corrected chi connectivity index (χ0v) is 13.8. The van der Waals surface area contributed by atoms with Crippen LogP contribution in [0.3, 0.4) is 0 Å². The number of amides is 1. The van der Waals surface area contributed by atoms with E-state index in [0.717, 1.165) is 22.4 Å². The van der Waals surface area contributed by atoms with Gasteiger partial charge in [0.25, 0.3) is 0 Å². The van der Waals surface area contributed by atoms with Crippen LogP contribution in [0.2, 0.25) is 0 Å². The molecular weight excluding hydrogens is 310 g/mol. The van der Waals surface area contributed by atoms with Crippen LogP contribution in [-0.4, -0.2) is 12.5 Å². The van der Waals surface area contributed by atoms with E-state index in [1.165, 1.54) is 0 Å². The van der Waals surface area contributed by atoms with E-state index in [1.807, 2.05) is 84.9 Å². The third-order valence-corrected chi connectivity index (χ3v) is 4.54. The van der Waals surface area contributed by atoms with Gasteiger partial charge in [0.15, 0.2) is 0 Å². The zero-order chi connectivity index (χ0) is 17.1. The van der Waals surface area contributed by atoms with Gasteiger partial charge in [0.2, 0.25) is 5.91 Å². The van der Waals surface area contributed by atoms with E-state index in [0.29, 0.717) is 6.61 Å². The van der Waals surface area contributed by atoms with Gasteiger partial charge in [-0.2, -0.15) is 0 Å². The van der Waals surface area contributed by atoms with E-state index in [2.05, 4.69) is 5.32 Å². The summed E-state index contributed by atoms with van der Waals surface area (Å²) in [5, 5.41) is 3.17. The molecule has 0 spiro atoms. The van der Waals surface area contributed by atoms with E-state index >= 15 is 0 Å². The molecular formula is C22H19NO2. The Bertz CT molecular complexity index is 822. The van der Waals surface area contributed by atoms with Crippen molar-refractivity contribution in [3.63, 3.8) is 0 Å². The third kappa shape index (κ3) is 3.13. The Balaban J connectivity index is 1.63. The van der Waals surface area contributed by atoms with Gasteiger partial charge < -0.3 is 10.1 Å². The highest BCUT2D eigenvalue weighted by atomic mass is 16.5. The van der Waals surface area contributed by atoms with E-state index in [1.54, 1.807) is 0 Å². The SMILES string of the molecule is O=C(N[C@@H]1COc2ccccc21)C(c1ccccc1)c1ccccc1. The van der Waals surface area contributed by atoms with E-state index in [4.69, 9.17) is 4.74 Å². The van der Waals surface area contributed by atoms with Crippen molar-refractivity contribution in [2.75, 3.05) is 6.61 Å². The molecule has 3 aromatic carbocycles. The van der Waals surface area contributed by atoms with Crippen molar-refractivity contribution < 1.29 is 9.53 Å². The summed E-state index contributed by atoms with van der Waals surface area (Å²) < 4.78 is 5.69. The van der Waals surface area contributed by atoms with Crippen LogP contribution in [0.15, 0.2) is 84.9 Å². The van der Waals surface area contributed by atoms with Crippen molar-refractivity contribution in [2.45, 2.75) is 12.0 Å². The molecule has 0 radical (unpaired) electrons. The first-order valence-electron chi connectivity index (χ1n) is 8.45. The minimum Gasteiger partial charge on any atom is -0.491 e. The summed E-state index contributed by atoms with van der Waals surface area (Å²) in [7, 11) is 0. The predicted octanol–water partition coefficient (Wildman–Crippen LogP) is 4.07. The first-order chi connectivity index (χ1) is 12.3. The van der Waals surface area contributed by atoms with Crippen molar-refractivity contribution >= 4 is 5.91 Å². The smallest absolute Gasteiger partial charge is 0.232 e. The zero-order valence-electron chi connectivity index (χ0n) is 13.8. The Labute approximate surface area is 147 Å². The number of nitrogens with one attached hydrogen (secondary N) is 1. The normalized spacial score (nSPS) is 15.5. The number of fused-ring (bicyclic) bond motifs is 1. The third-order valence-electron chi connectivity index (χ3n) is 4.54. The van der Waals surface area contributed by atoms with Gasteiger partial charge in [0.1, 0.15) is 12.4 Å². The topological polar surface area (TPSA) is 38.3 Å². The Morgan fingerprint density at radius 3 is 2.04 bits per heavy atom. The van der Waals surface area contributed by atoms with Crippen LogP contribution in [0.5, 0.6) is 5.75 Å². The van der Waals surface area contributed by atoms with Gasteiger partial charge >= 0.3 is 0 Å². The lowest BCUT2D eigenvalue weighted by Gasteiger charge is -2.20. The number of para-hydroxylation sites is 1. The second-order valence-electron chi connectivity index (χ2n) is 6.16. The molecule has 1 amide bonds. The first-order valence-corrected chi connectivity index (χ1v) is 8.45. The van der Waals surface area contributed by atoms with Crippen molar-refractivity contribution in [2.24, 2.45) is 0 Å². The lowest BCUT2D eigenvalue weighted by Crippen LogP contribution is -2.34. The summed E-state index contributed by atoms with van der Waals surface area (Å²) in [5.74, 6) is 0.502. The van der Waals surface area contributed by atoms with E-state index in [9.17, 15) is 4.79 Å². The maximum Gasteiger partial charge on any atom is 0.232 e. The lowest BCUT2D eigenvalue weighted by molar-refractivity contribution is -0.122. The lowest BCUT2D eigenvalue weighted by atomic mass is 9.90. The predicted molar refractivity (Wildman–Crippen MR) is 97.5 cm³/mol. The molecule has 1 aliphatic rings. The Kier molecular flexibility index (Phi) is 4.21. The van der Waals surface area contributed by atoms with E-state index in [-0.39, 0.29) is 17.9 Å². The highest BCUT2D eigenvalue weighted by molar-refractivity contribution is 5.87. The number of rotatable bonds is 4. The fourth-order valence-corrected chi connectivity index (χ4v) is 3.32. The Morgan fingerprint density at radius 2 is 1.40 bits per heavy atom. The van der Waals surface area contributed by atoms with Crippen LogP contribution >= 0.6 is 0 Å². The van der Waals surface area contributed by atoms with Crippen LogP contribution in [0.1, 0.15) is 28.7 Å². The molecule has 4 rings (SSSR count). The van der Waals surface area contributed by atoms with Crippen LogP contribution in [0.4, 0.5) is 0 Å². The molecule has 1 N–H and O–H groups in total. The fourth-order valence-electron chi connectivity index (χ4n) is 3.32. The van der Waals surface area contributed by atoms with Gasteiger partial charge in [-0.15, -0.1) is 0 Å². The van der Waals surface area contributed by atoms with Crippen LogP contribution < -0.4 is 10.1 Å². The molecule has 3 heteroatoms. The molecule has 0 aliphatic carbocycles. The molecule has 1 atom stereocenters. The number of hydrogen-bond donors (Lipinski definition) is 1. The van der Waals surface area contributed by atoms with Crippen LogP contribution in [-0.2, 0) is 4.79 Å². The summed E-state index contributed by atoms with van der Waals surface area (Å²) in [6, 6.07) is 27.5. The van der Waals surface area contributed by atoms with Gasteiger partial charge in [-0.05, 0) is 17.2 Å². The summed E-state index contributed by atoms with van der Waals surface area (Å²) in [6.07, 6.45) is 0. The number of hydrogen-bond acceptors (Lipinski definition) is 2. The molecule has 0 fully saturated rings. The van der Waals surface area contributed by atoms with Gasteiger partial charge in [0, 0.05) is 5.56 Å². The van der Waals surface area contributed by atoms with Crippen LogP contribution in [0, 0.1) is 0 Å². The minimum atomic E-state index is -0.338. The Hall–Kier alpha value is -3.07. The molecule has 3 nitrogen and oxygen atoms in total. The monoisotopic (exact) mass is 329 g/mol. The molecule has 1 heterocycles. The molecule has 124 valence electrons. The fraction of sp³-hybridized carbons (Fsp3) is 0.136. The molecule has 0 unspecified atom stereocenters. The average Bonchev–Trinajstić information content (AvgIpc) is 3.07. The number of benzene rings is 3. The largest absolute Gasteiger partial charge is 0.491 e. The molecule has 25 heavy (non-hydrogen) atoms. The standard InChI is InChI=1S/C22H19NO2/c24-22(23-19-15-25-20-14-8-7-13-18(19)20)21(16-9-3-1-4-10-16)17-11-5-2-6-12-17/h1-14,19,21H,15H2,(H,23,24)/t19-/m1/s1. The molecule has 0 aromatic heterocycles. The molecule has 1 aliphatic heterocycles. The average molecular weight is 329 g/mol. The molecule has 0 bridgehead atoms. The summed E-state index contributed by atoms with van der Waals surface area (Å²) >= 11 is 0. The first kappa shape index (κ1) is 15.5. The summed E-state index contributed by atoms with van der Waals surface area (Å²) in [5.41, 5.74) is 3.01. The summed E-state index contributed by atoms with van der Waals surface area (Å²) in [6.45, 7) is 0.474. The van der Waals surface area contributed by atoms with E-state index < -0.39 is 0 Å². The molecule has 0 saturated carbocycles. The highest BCUT2D eigenvalue weighted by Gasteiger charge is 2.29. The van der Waals surface area contributed by atoms with Gasteiger partial charge in [0.05, 0.1) is 12.0 Å². The van der Waals surface area contributed by atoms with Gasteiger partial charge in [-0.1, -0.05) is 78.9 Å². The number of carbonyl (C=O) groups excluding carboxylic acids is 1.